The number of nitrogens with two attached hydrogens (primary N) is 1. The molecule has 0 heterocycles. The van der Waals surface area contributed by atoms with E-state index in [0.29, 0.717) is 5.75 Å². The molecule has 1 unspecified atom stereocenters. The minimum Gasteiger partial charge on any atom is -0.504 e. The number of hydrogen-bond acceptors (Lipinski definition) is 4. The van der Waals surface area contributed by atoms with Gasteiger partial charge in [0.25, 0.3) is 0 Å². The van der Waals surface area contributed by atoms with Crippen molar-refractivity contribution in [1.82, 2.24) is 5.43 Å². The van der Waals surface area contributed by atoms with E-state index in [4.69, 9.17) is 10.6 Å². The Bertz CT molecular complexity index is 302. The minimum atomic E-state index is 0.157. The van der Waals surface area contributed by atoms with E-state index in [9.17, 15) is 5.11 Å². The highest BCUT2D eigenvalue weighted by Crippen LogP contribution is 2.26. The van der Waals surface area contributed by atoms with Gasteiger partial charge in [-0.15, -0.1) is 0 Å². The molecule has 1 aromatic carbocycles. The van der Waals surface area contributed by atoms with Crippen LogP contribution in [0.4, 0.5) is 0 Å². The zero-order valence-corrected chi connectivity index (χ0v) is 8.45. The van der Waals surface area contributed by atoms with Crippen LogP contribution in [0.5, 0.6) is 11.5 Å². The lowest BCUT2D eigenvalue weighted by Crippen LogP contribution is -2.34. The Labute approximate surface area is 83.7 Å². The molecule has 14 heavy (non-hydrogen) atoms. The first kappa shape index (κ1) is 10.8. The van der Waals surface area contributed by atoms with Crippen molar-refractivity contribution in [2.75, 3.05) is 7.11 Å². The summed E-state index contributed by atoms with van der Waals surface area (Å²) in [7, 11) is 1.53. The molecule has 4 heteroatoms. The van der Waals surface area contributed by atoms with E-state index in [0.717, 1.165) is 12.0 Å². The topological polar surface area (TPSA) is 67.5 Å². The predicted molar refractivity (Wildman–Crippen MR) is 55.1 cm³/mol. The summed E-state index contributed by atoms with van der Waals surface area (Å²) in [6.45, 7) is 1.99. The van der Waals surface area contributed by atoms with Gasteiger partial charge < -0.3 is 9.84 Å². The number of methoxy groups -OCH3 is 1. The molecular formula is C10H16N2O2. The summed E-state index contributed by atoms with van der Waals surface area (Å²) in [6.07, 6.45) is 0.799. The summed E-state index contributed by atoms with van der Waals surface area (Å²) in [6, 6.07) is 5.48. The molecule has 0 saturated heterocycles. The van der Waals surface area contributed by atoms with Gasteiger partial charge in [-0.3, -0.25) is 11.3 Å². The van der Waals surface area contributed by atoms with E-state index >= 15 is 0 Å². The Hall–Kier alpha value is -1.26. The highest BCUT2D eigenvalue weighted by Gasteiger charge is 2.05. The molecule has 0 fully saturated rings. The lowest BCUT2D eigenvalue weighted by Gasteiger charge is -2.11. The molecular weight excluding hydrogens is 180 g/mol. The highest BCUT2D eigenvalue weighted by atomic mass is 16.5. The summed E-state index contributed by atoms with van der Waals surface area (Å²) < 4.78 is 5.00. The molecule has 0 aromatic heterocycles. The lowest BCUT2D eigenvalue weighted by atomic mass is 10.1. The monoisotopic (exact) mass is 196 g/mol. The molecule has 4 N–H and O–H groups in total. The Morgan fingerprint density at radius 2 is 2.29 bits per heavy atom. The number of aromatic hydroxyl groups is 1. The van der Waals surface area contributed by atoms with Crippen molar-refractivity contribution in [2.45, 2.75) is 19.4 Å². The third kappa shape index (κ3) is 2.61. The fourth-order valence-electron chi connectivity index (χ4n) is 1.26. The third-order valence-electron chi connectivity index (χ3n) is 2.07. The average Bonchev–Trinajstić information content (AvgIpc) is 2.20. The van der Waals surface area contributed by atoms with Crippen molar-refractivity contribution in [1.29, 1.82) is 0 Å². The molecule has 0 radical (unpaired) electrons. The molecule has 0 amide bonds. The van der Waals surface area contributed by atoms with E-state index in [1.807, 2.05) is 19.1 Å². The first-order chi connectivity index (χ1) is 6.67. The molecule has 4 nitrogen and oxygen atoms in total. The number of ether oxygens (including phenoxy) is 1. The number of benzene rings is 1. The van der Waals surface area contributed by atoms with Gasteiger partial charge in [-0.1, -0.05) is 6.07 Å². The normalized spacial score (nSPS) is 12.5. The van der Waals surface area contributed by atoms with Crippen molar-refractivity contribution in [3.05, 3.63) is 23.8 Å². The van der Waals surface area contributed by atoms with Crippen LogP contribution in [0.15, 0.2) is 18.2 Å². The standard InChI is InChI=1S/C10H16N2O2/c1-7(12-11)5-8-3-4-9(13)10(6-8)14-2/h3-4,6-7,12-13H,5,11H2,1-2H3. The van der Waals surface area contributed by atoms with Crippen LogP contribution in [-0.2, 0) is 6.42 Å². The molecule has 0 bridgehead atoms. The Morgan fingerprint density at radius 1 is 1.57 bits per heavy atom. The number of phenols is 1. The van der Waals surface area contributed by atoms with Crippen LogP contribution >= 0.6 is 0 Å². The number of hydrazine groups is 1. The van der Waals surface area contributed by atoms with Gasteiger partial charge in [0.1, 0.15) is 0 Å². The minimum absolute atomic E-state index is 0.157. The van der Waals surface area contributed by atoms with Crippen molar-refractivity contribution >= 4 is 0 Å². The van der Waals surface area contributed by atoms with Gasteiger partial charge in [0.15, 0.2) is 11.5 Å². The maximum atomic E-state index is 9.36. The van der Waals surface area contributed by atoms with Gasteiger partial charge in [-0.2, -0.15) is 0 Å². The second-order valence-electron chi connectivity index (χ2n) is 3.28. The summed E-state index contributed by atoms with van der Waals surface area (Å²) >= 11 is 0. The maximum Gasteiger partial charge on any atom is 0.160 e. The molecule has 0 aliphatic heterocycles. The second-order valence-corrected chi connectivity index (χ2v) is 3.28. The second kappa shape index (κ2) is 4.83. The van der Waals surface area contributed by atoms with Crippen LogP contribution in [0.3, 0.4) is 0 Å². The van der Waals surface area contributed by atoms with Gasteiger partial charge in [-0.05, 0) is 31.0 Å². The molecule has 1 aromatic rings. The average molecular weight is 196 g/mol. The fraction of sp³-hybridized carbons (Fsp3) is 0.400. The zero-order valence-electron chi connectivity index (χ0n) is 8.45. The van der Waals surface area contributed by atoms with Crippen LogP contribution < -0.4 is 16.0 Å². The van der Waals surface area contributed by atoms with Gasteiger partial charge in [0.2, 0.25) is 0 Å². The number of nitrogens with one attached hydrogen (secondary N) is 1. The molecule has 0 saturated carbocycles. The Kier molecular flexibility index (Phi) is 3.73. The third-order valence-corrected chi connectivity index (χ3v) is 2.07. The van der Waals surface area contributed by atoms with Gasteiger partial charge >= 0.3 is 0 Å². The maximum absolute atomic E-state index is 9.36. The fourth-order valence-corrected chi connectivity index (χ4v) is 1.26. The Morgan fingerprint density at radius 3 is 2.86 bits per heavy atom. The van der Waals surface area contributed by atoms with Crippen molar-refractivity contribution in [3.63, 3.8) is 0 Å². The zero-order chi connectivity index (χ0) is 10.6. The van der Waals surface area contributed by atoms with E-state index in [2.05, 4.69) is 5.43 Å². The molecule has 0 aliphatic rings. The molecule has 1 rings (SSSR count). The largest absolute Gasteiger partial charge is 0.504 e. The SMILES string of the molecule is COc1cc(CC(C)NN)ccc1O. The molecule has 0 aliphatic carbocycles. The van der Waals surface area contributed by atoms with Crippen LogP contribution in [0.2, 0.25) is 0 Å². The highest BCUT2D eigenvalue weighted by molar-refractivity contribution is 5.41. The quantitative estimate of drug-likeness (QED) is 0.492. The number of rotatable bonds is 4. The lowest BCUT2D eigenvalue weighted by molar-refractivity contribution is 0.372. The van der Waals surface area contributed by atoms with E-state index < -0.39 is 0 Å². The first-order valence-corrected chi connectivity index (χ1v) is 4.49. The van der Waals surface area contributed by atoms with E-state index in [1.54, 1.807) is 6.07 Å². The molecule has 1 atom stereocenters. The summed E-state index contributed by atoms with van der Waals surface area (Å²) in [4.78, 5) is 0. The van der Waals surface area contributed by atoms with Gasteiger partial charge in [-0.25, -0.2) is 0 Å². The van der Waals surface area contributed by atoms with E-state index in [-0.39, 0.29) is 11.8 Å². The number of hydrogen-bond donors (Lipinski definition) is 3. The molecule has 78 valence electrons. The Balaban J connectivity index is 2.79. The van der Waals surface area contributed by atoms with Crippen molar-refractivity contribution in [3.8, 4) is 11.5 Å². The summed E-state index contributed by atoms with van der Waals surface area (Å²) in [5.74, 6) is 5.94. The van der Waals surface area contributed by atoms with Crippen LogP contribution in [0.1, 0.15) is 12.5 Å². The summed E-state index contributed by atoms with van der Waals surface area (Å²) in [5.41, 5.74) is 3.74. The molecule has 0 spiro atoms. The number of phenolic OH excluding ortho intramolecular Hbond substituents is 1. The van der Waals surface area contributed by atoms with Crippen LogP contribution in [0, 0.1) is 0 Å². The van der Waals surface area contributed by atoms with Crippen molar-refractivity contribution in [2.24, 2.45) is 5.84 Å². The summed E-state index contributed by atoms with van der Waals surface area (Å²) in [5, 5.41) is 9.36. The first-order valence-electron chi connectivity index (χ1n) is 4.49. The van der Waals surface area contributed by atoms with Gasteiger partial charge in [0.05, 0.1) is 7.11 Å². The predicted octanol–water partition coefficient (Wildman–Crippen LogP) is 0.795. The van der Waals surface area contributed by atoms with E-state index in [1.165, 1.54) is 7.11 Å². The van der Waals surface area contributed by atoms with Crippen LogP contribution in [0.25, 0.3) is 0 Å². The van der Waals surface area contributed by atoms with Crippen LogP contribution in [-0.4, -0.2) is 18.3 Å². The van der Waals surface area contributed by atoms with Gasteiger partial charge in [0, 0.05) is 6.04 Å². The smallest absolute Gasteiger partial charge is 0.160 e. The van der Waals surface area contributed by atoms with Crippen molar-refractivity contribution < 1.29 is 9.84 Å².